The summed E-state index contributed by atoms with van der Waals surface area (Å²) in [5.74, 6) is 1.10. The fourth-order valence-electron chi connectivity index (χ4n) is 4.38. The van der Waals surface area contributed by atoms with Gasteiger partial charge in [-0.15, -0.1) is 0 Å². The number of hydrogen-bond donors (Lipinski definition) is 3. The van der Waals surface area contributed by atoms with Crippen LogP contribution in [0.4, 0.5) is 10.1 Å². The highest BCUT2D eigenvalue weighted by Crippen LogP contribution is 2.44. The lowest BCUT2D eigenvalue weighted by molar-refractivity contribution is 0.302. The van der Waals surface area contributed by atoms with Crippen LogP contribution in [0.2, 0.25) is 0 Å². The summed E-state index contributed by atoms with van der Waals surface area (Å²) in [5.41, 5.74) is 3.77. The van der Waals surface area contributed by atoms with E-state index in [1.54, 1.807) is 25.5 Å². The molecule has 1 saturated heterocycles. The zero-order chi connectivity index (χ0) is 19.7. The van der Waals surface area contributed by atoms with Crippen molar-refractivity contribution in [1.82, 2.24) is 30.2 Å². The Morgan fingerprint density at radius 1 is 1.21 bits per heavy atom. The number of H-pyrrole nitrogens is 1. The zero-order valence-corrected chi connectivity index (χ0v) is 15.9. The van der Waals surface area contributed by atoms with Gasteiger partial charge >= 0.3 is 6.01 Å². The van der Waals surface area contributed by atoms with Gasteiger partial charge in [-0.3, -0.25) is 0 Å². The van der Waals surface area contributed by atoms with Crippen LogP contribution >= 0.6 is 0 Å². The molecule has 2 aliphatic rings. The Morgan fingerprint density at radius 3 is 2.76 bits per heavy atom. The second kappa shape index (κ2) is 5.84. The lowest BCUT2D eigenvalue weighted by Gasteiger charge is -2.37. The van der Waals surface area contributed by atoms with Crippen LogP contribution in [0.1, 0.15) is 23.0 Å². The fourth-order valence-corrected chi connectivity index (χ4v) is 4.38. The Bertz CT molecular complexity index is 1280. The second-order valence-corrected chi connectivity index (χ2v) is 7.52. The molecule has 4 aromatic rings. The predicted molar refractivity (Wildman–Crippen MR) is 106 cm³/mol. The Balaban J connectivity index is 1.61. The van der Waals surface area contributed by atoms with Gasteiger partial charge in [0.2, 0.25) is 0 Å². The number of aryl methyl sites for hydroxylation is 1. The lowest BCUT2D eigenvalue weighted by atomic mass is 9.85. The van der Waals surface area contributed by atoms with Crippen molar-refractivity contribution in [1.29, 1.82) is 0 Å². The van der Waals surface area contributed by atoms with Crippen LogP contribution in [0.25, 0.3) is 21.9 Å². The third kappa shape index (κ3) is 2.34. The number of nitrogens with one attached hydrogen (secondary N) is 3. The molecular formula is C20H18FN7O. The molecule has 0 unspecified atom stereocenters. The fraction of sp³-hybridized carbons (Fsp3) is 0.300. The topological polar surface area (TPSA) is 101 Å². The number of aromatic nitrogens is 5. The summed E-state index contributed by atoms with van der Waals surface area (Å²) < 4.78 is 20.8. The van der Waals surface area contributed by atoms with Gasteiger partial charge < -0.3 is 20.4 Å². The molecule has 1 aliphatic heterocycles. The van der Waals surface area contributed by atoms with E-state index in [0.29, 0.717) is 34.9 Å². The quantitative estimate of drug-likeness (QED) is 0.494. The molecule has 0 bridgehead atoms. The van der Waals surface area contributed by atoms with Crippen molar-refractivity contribution < 1.29 is 9.13 Å². The minimum Gasteiger partial charge on any atom is -0.421 e. The van der Waals surface area contributed by atoms with Crippen LogP contribution in [0.3, 0.4) is 0 Å². The molecule has 0 spiro atoms. The standard InChI is InChI=1S/C20H18FN7O/c1-8-23-5-9(6-24-8)29-20-27-17-11-7-25-13(11)3-10-12(21)4-14(22-2)18-15(10)16(17)19(26-18)28-20/h4-6,11,13,22,25H,3,7H2,1-2H3,(H,26,27,28)/t11-,13+/m0/s1. The minimum atomic E-state index is -0.208. The van der Waals surface area contributed by atoms with E-state index in [9.17, 15) is 4.39 Å². The number of benzene rings is 1. The SMILES string of the molecule is CNc1cc(F)c2c3c1[nH]c1nc(Oc4cnc(C)nc4)nc(c13)[C@H]1CN[C@@H]1C2. The Kier molecular flexibility index (Phi) is 3.34. The van der Waals surface area contributed by atoms with Gasteiger partial charge in [-0.05, 0) is 25.0 Å². The van der Waals surface area contributed by atoms with Crippen LogP contribution in [0.5, 0.6) is 11.8 Å². The van der Waals surface area contributed by atoms with Gasteiger partial charge in [-0.2, -0.15) is 9.97 Å². The van der Waals surface area contributed by atoms with E-state index in [4.69, 9.17) is 9.72 Å². The molecule has 6 rings (SSSR count). The molecule has 0 radical (unpaired) electrons. The van der Waals surface area contributed by atoms with Gasteiger partial charge in [-0.1, -0.05) is 0 Å². The number of halogens is 1. The number of fused-ring (bicyclic) bond motifs is 2. The monoisotopic (exact) mass is 391 g/mol. The minimum absolute atomic E-state index is 0.147. The highest BCUT2D eigenvalue weighted by molar-refractivity contribution is 6.13. The summed E-state index contributed by atoms with van der Waals surface area (Å²) in [6.07, 6.45) is 3.81. The molecule has 3 aromatic heterocycles. The lowest BCUT2D eigenvalue weighted by Crippen LogP contribution is -2.52. The van der Waals surface area contributed by atoms with Gasteiger partial charge in [0.15, 0.2) is 5.75 Å². The van der Waals surface area contributed by atoms with Crippen LogP contribution in [-0.2, 0) is 6.42 Å². The largest absolute Gasteiger partial charge is 0.421 e. The molecule has 1 aromatic carbocycles. The van der Waals surface area contributed by atoms with Crippen molar-refractivity contribution in [2.24, 2.45) is 0 Å². The predicted octanol–water partition coefficient (Wildman–Crippen LogP) is 2.79. The maximum absolute atomic E-state index is 14.9. The molecule has 29 heavy (non-hydrogen) atoms. The molecule has 1 aliphatic carbocycles. The van der Waals surface area contributed by atoms with Gasteiger partial charge in [0, 0.05) is 36.3 Å². The Morgan fingerprint density at radius 2 is 2.03 bits per heavy atom. The first-order valence-electron chi connectivity index (χ1n) is 9.54. The van der Waals surface area contributed by atoms with Crippen LogP contribution in [0, 0.1) is 12.7 Å². The zero-order valence-electron chi connectivity index (χ0n) is 15.9. The summed E-state index contributed by atoms with van der Waals surface area (Å²) in [6.45, 7) is 2.61. The van der Waals surface area contributed by atoms with Crippen LogP contribution < -0.4 is 15.4 Å². The summed E-state index contributed by atoms with van der Waals surface area (Å²) in [6, 6.07) is 1.92. The molecular weight excluding hydrogens is 373 g/mol. The van der Waals surface area contributed by atoms with Gasteiger partial charge in [0.25, 0.3) is 0 Å². The van der Waals surface area contributed by atoms with Crippen molar-refractivity contribution in [3.8, 4) is 11.8 Å². The number of hydrogen-bond acceptors (Lipinski definition) is 7. The van der Waals surface area contributed by atoms with Crippen molar-refractivity contribution in [2.45, 2.75) is 25.3 Å². The Hall–Kier alpha value is -3.33. The number of nitrogens with zero attached hydrogens (tertiary/aromatic N) is 4. The molecule has 1 fully saturated rings. The highest BCUT2D eigenvalue weighted by atomic mass is 19.1. The number of anilines is 1. The van der Waals surface area contributed by atoms with Crippen molar-refractivity contribution in [3.63, 3.8) is 0 Å². The average Bonchev–Trinajstić information content (AvgIpc) is 3.03. The van der Waals surface area contributed by atoms with Gasteiger partial charge in [0.1, 0.15) is 17.3 Å². The van der Waals surface area contributed by atoms with E-state index in [0.717, 1.165) is 28.5 Å². The first-order valence-corrected chi connectivity index (χ1v) is 9.54. The third-order valence-corrected chi connectivity index (χ3v) is 5.89. The van der Waals surface area contributed by atoms with Crippen molar-refractivity contribution in [2.75, 3.05) is 18.9 Å². The summed E-state index contributed by atoms with van der Waals surface area (Å²) in [5, 5.41) is 8.24. The van der Waals surface area contributed by atoms with Crippen molar-refractivity contribution in [3.05, 3.63) is 41.4 Å². The van der Waals surface area contributed by atoms with Crippen molar-refractivity contribution >= 4 is 27.6 Å². The second-order valence-electron chi connectivity index (χ2n) is 7.52. The van der Waals surface area contributed by atoms with E-state index in [2.05, 4.69) is 30.6 Å². The molecule has 146 valence electrons. The van der Waals surface area contributed by atoms with Crippen LogP contribution in [0.15, 0.2) is 18.5 Å². The summed E-state index contributed by atoms with van der Waals surface area (Å²) in [7, 11) is 1.78. The number of ether oxygens (including phenoxy) is 1. The highest BCUT2D eigenvalue weighted by Gasteiger charge is 2.39. The molecule has 0 amide bonds. The van der Waals surface area contributed by atoms with E-state index < -0.39 is 0 Å². The van der Waals surface area contributed by atoms with Crippen LogP contribution in [-0.4, -0.2) is 44.6 Å². The molecule has 9 heteroatoms. The first-order chi connectivity index (χ1) is 14.1. The maximum atomic E-state index is 14.9. The molecule has 3 N–H and O–H groups in total. The third-order valence-electron chi connectivity index (χ3n) is 5.89. The molecule has 0 saturated carbocycles. The summed E-state index contributed by atoms with van der Waals surface area (Å²) >= 11 is 0. The Labute approximate surface area is 164 Å². The van der Waals surface area contributed by atoms with E-state index in [1.165, 1.54) is 0 Å². The molecule has 8 nitrogen and oxygen atoms in total. The normalized spacial score (nSPS) is 19.8. The van der Waals surface area contributed by atoms with Gasteiger partial charge in [0.05, 0.1) is 29.3 Å². The van der Waals surface area contributed by atoms with Gasteiger partial charge in [-0.25, -0.2) is 14.4 Å². The van der Waals surface area contributed by atoms with E-state index in [-0.39, 0.29) is 23.8 Å². The first kappa shape index (κ1) is 16.6. The summed E-state index contributed by atoms with van der Waals surface area (Å²) in [4.78, 5) is 21.0. The molecule has 4 heterocycles. The number of rotatable bonds is 3. The molecule has 2 atom stereocenters. The van der Waals surface area contributed by atoms with E-state index in [1.807, 2.05) is 6.92 Å². The smallest absolute Gasteiger partial charge is 0.324 e. The maximum Gasteiger partial charge on any atom is 0.324 e. The average molecular weight is 391 g/mol. The van der Waals surface area contributed by atoms with E-state index >= 15 is 0 Å². The number of aromatic amines is 1.